The fraction of sp³-hybridized carbons (Fsp3) is 0.476. The summed E-state index contributed by atoms with van der Waals surface area (Å²) in [6.07, 6.45) is 9.81. The number of aromatic nitrogens is 3. The summed E-state index contributed by atoms with van der Waals surface area (Å²) in [7, 11) is 0. The van der Waals surface area contributed by atoms with Crippen molar-refractivity contribution in [3.63, 3.8) is 0 Å². The molecule has 27 heavy (non-hydrogen) atoms. The predicted octanol–water partition coefficient (Wildman–Crippen LogP) is 4.14. The zero-order valence-electron chi connectivity index (χ0n) is 15.7. The molecule has 140 valence electrons. The lowest BCUT2D eigenvalue weighted by atomic mass is 10.1. The number of anilines is 1. The number of hydrogen-bond acceptors (Lipinski definition) is 6. The zero-order chi connectivity index (χ0) is 18.2. The number of nitrogens with zero attached hydrogens (tertiary/aromatic N) is 4. The van der Waals surface area contributed by atoms with Gasteiger partial charge in [-0.1, -0.05) is 6.92 Å². The van der Waals surface area contributed by atoms with Crippen LogP contribution in [0.4, 0.5) is 5.82 Å². The molecule has 0 aromatic carbocycles. The minimum atomic E-state index is 0.605. The van der Waals surface area contributed by atoms with E-state index in [1.165, 1.54) is 48.1 Å². The molecule has 0 bridgehead atoms. The van der Waals surface area contributed by atoms with Crippen molar-refractivity contribution in [2.24, 2.45) is 0 Å². The molecule has 1 aliphatic carbocycles. The molecule has 0 unspecified atom stereocenters. The van der Waals surface area contributed by atoms with Crippen molar-refractivity contribution >= 4 is 27.4 Å². The topological polar surface area (TPSA) is 53.9 Å². The summed E-state index contributed by atoms with van der Waals surface area (Å²) in [5.41, 5.74) is 2.46. The summed E-state index contributed by atoms with van der Waals surface area (Å²) in [6.45, 7) is 5.56. The quantitative estimate of drug-likeness (QED) is 0.722. The Morgan fingerprint density at radius 3 is 3.07 bits per heavy atom. The highest BCUT2D eigenvalue weighted by molar-refractivity contribution is 7.19. The lowest BCUT2D eigenvalue weighted by molar-refractivity contribution is 0.277. The molecule has 1 aliphatic heterocycles. The van der Waals surface area contributed by atoms with Gasteiger partial charge in [-0.3, -0.25) is 9.88 Å². The van der Waals surface area contributed by atoms with Crippen LogP contribution < -0.4 is 5.32 Å². The van der Waals surface area contributed by atoms with E-state index in [2.05, 4.69) is 22.1 Å². The number of likely N-dealkylation sites (tertiary alicyclic amines) is 1. The Kier molecular flexibility index (Phi) is 4.53. The maximum Gasteiger partial charge on any atom is 0.164 e. The first kappa shape index (κ1) is 17.1. The largest absolute Gasteiger partial charge is 0.368 e. The maximum absolute atomic E-state index is 4.96. The summed E-state index contributed by atoms with van der Waals surface area (Å²) in [4.78, 5) is 19.3. The number of hydrogen-bond donors (Lipinski definition) is 1. The van der Waals surface area contributed by atoms with E-state index in [1.54, 1.807) is 6.20 Å². The van der Waals surface area contributed by atoms with Gasteiger partial charge >= 0.3 is 0 Å². The summed E-state index contributed by atoms with van der Waals surface area (Å²) in [6, 6.07) is 4.59. The molecule has 0 amide bonds. The van der Waals surface area contributed by atoms with Gasteiger partial charge in [0.05, 0.1) is 5.39 Å². The Balaban J connectivity index is 1.54. The smallest absolute Gasteiger partial charge is 0.164 e. The van der Waals surface area contributed by atoms with Crippen LogP contribution in [0.25, 0.3) is 21.6 Å². The van der Waals surface area contributed by atoms with Crippen LogP contribution in [0.5, 0.6) is 0 Å². The number of rotatable bonds is 5. The molecule has 0 spiro atoms. The normalized spacial score (nSPS) is 19.7. The molecular weight excluding hydrogens is 354 g/mol. The van der Waals surface area contributed by atoms with E-state index in [1.807, 2.05) is 29.7 Å². The molecule has 1 N–H and O–H groups in total. The van der Waals surface area contributed by atoms with E-state index >= 15 is 0 Å². The van der Waals surface area contributed by atoms with Crippen LogP contribution in [0.3, 0.4) is 0 Å². The van der Waals surface area contributed by atoms with E-state index in [-0.39, 0.29) is 0 Å². The molecule has 0 radical (unpaired) electrons. The summed E-state index contributed by atoms with van der Waals surface area (Å²) >= 11 is 1.85. The van der Waals surface area contributed by atoms with Gasteiger partial charge in [0, 0.05) is 35.4 Å². The van der Waals surface area contributed by atoms with Crippen LogP contribution in [0.15, 0.2) is 24.5 Å². The van der Waals surface area contributed by atoms with E-state index in [4.69, 9.17) is 9.97 Å². The van der Waals surface area contributed by atoms with E-state index in [9.17, 15) is 0 Å². The van der Waals surface area contributed by atoms with Gasteiger partial charge in [0.1, 0.15) is 10.6 Å². The van der Waals surface area contributed by atoms with Gasteiger partial charge in [-0.25, -0.2) is 9.97 Å². The molecule has 1 atom stereocenters. The third kappa shape index (κ3) is 3.11. The highest BCUT2D eigenvalue weighted by atomic mass is 32.1. The lowest BCUT2D eigenvalue weighted by Gasteiger charge is -2.23. The molecule has 6 heteroatoms. The average molecular weight is 380 g/mol. The average Bonchev–Trinajstić information content (AvgIpc) is 3.41. The number of aryl methyl sites for hydroxylation is 2. The first-order valence-corrected chi connectivity index (χ1v) is 10.9. The van der Waals surface area contributed by atoms with E-state index < -0.39 is 0 Å². The summed E-state index contributed by atoms with van der Waals surface area (Å²) < 4.78 is 0. The second-order valence-electron chi connectivity index (χ2n) is 7.48. The van der Waals surface area contributed by atoms with Gasteiger partial charge < -0.3 is 5.32 Å². The van der Waals surface area contributed by atoms with Crippen molar-refractivity contribution in [1.82, 2.24) is 19.9 Å². The predicted molar refractivity (Wildman–Crippen MR) is 111 cm³/mol. The minimum Gasteiger partial charge on any atom is -0.368 e. The SMILES string of the molecule is CCN1CCC[C@H]1CNc1nc(-c2cccnc2)nc2sc3c(c12)CCC3. The van der Waals surface area contributed by atoms with Gasteiger partial charge in [0.2, 0.25) is 0 Å². The molecule has 1 saturated heterocycles. The summed E-state index contributed by atoms with van der Waals surface area (Å²) in [5, 5.41) is 4.98. The van der Waals surface area contributed by atoms with E-state index in [0.717, 1.165) is 41.5 Å². The van der Waals surface area contributed by atoms with Crippen molar-refractivity contribution in [1.29, 1.82) is 0 Å². The van der Waals surface area contributed by atoms with E-state index in [0.29, 0.717) is 6.04 Å². The van der Waals surface area contributed by atoms with Crippen LogP contribution in [0.1, 0.15) is 36.6 Å². The number of nitrogens with one attached hydrogen (secondary N) is 1. The number of fused-ring (bicyclic) bond motifs is 3. The van der Waals surface area contributed by atoms with Crippen molar-refractivity contribution in [3.8, 4) is 11.4 Å². The Bertz CT molecular complexity index is 952. The molecule has 2 aliphatic rings. The molecule has 1 fully saturated rings. The monoisotopic (exact) mass is 379 g/mol. The summed E-state index contributed by atoms with van der Waals surface area (Å²) in [5.74, 6) is 1.79. The minimum absolute atomic E-state index is 0.605. The van der Waals surface area contributed by atoms with Crippen LogP contribution in [-0.2, 0) is 12.8 Å². The number of thiophene rings is 1. The number of likely N-dealkylation sites (N-methyl/N-ethyl adjacent to an activating group) is 1. The second-order valence-corrected chi connectivity index (χ2v) is 8.56. The van der Waals surface area contributed by atoms with Crippen LogP contribution in [0, 0.1) is 0 Å². The lowest BCUT2D eigenvalue weighted by Crippen LogP contribution is -2.34. The third-order valence-corrected chi connectivity index (χ3v) is 7.08. The second kappa shape index (κ2) is 7.17. The fourth-order valence-electron chi connectivity index (χ4n) is 4.50. The van der Waals surface area contributed by atoms with Gasteiger partial charge in [-0.15, -0.1) is 11.3 Å². The molecule has 0 saturated carbocycles. The maximum atomic E-state index is 4.96. The first-order valence-electron chi connectivity index (χ1n) is 10.0. The molecule has 4 heterocycles. The van der Waals surface area contributed by atoms with Gasteiger partial charge in [0.25, 0.3) is 0 Å². The van der Waals surface area contributed by atoms with Gasteiger partial charge in [-0.05, 0) is 62.9 Å². The van der Waals surface area contributed by atoms with Crippen LogP contribution >= 0.6 is 11.3 Å². The highest BCUT2D eigenvalue weighted by Crippen LogP contribution is 2.40. The van der Waals surface area contributed by atoms with Crippen molar-refractivity contribution in [3.05, 3.63) is 35.0 Å². The fourth-order valence-corrected chi connectivity index (χ4v) is 5.77. The van der Waals surface area contributed by atoms with Crippen LogP contribution in [0.2, 0.25) is 0 Å². The Labute approximate surface area is 163 Å². The van der Waals surface area contributed by atoms with Crippen molar-refractivity contribution in [2.75, 3.05) is 25.0 Å². The molecule has 3 aromatic rings. The molecule has 5 nitrogen and oxygen atoms in total. The highest BCUT2D eigenvalue weighted by Gasteiger charge is 2.25. The number of pyridine rings is 1. The first-order chi connectivity index (χ1) is 13.3. The zero-order valence-corrected chi connectivity index (χ0v) is 16.6. The Morgan fingerprint density at radius 1 is 1.26 bits per heavy atom. The standard InChI is InChI=1S/C21H25N5S/c1-2-26-11-5-7-15(26)13-23-20-18-16-8-3-9-17(16)27-21(18)25-19(24-20)14-6-4-10-22-12-14/h4,6,10,12,15H,2-3,5,7-9,11,13H2,1H3,(H,23,24,25)/t15-/m0/s1. The Hall–Kier alpha value is -2.05. The molecular formula is C21H25N5S. The van der Waals surface area contributed by atoms with Gasteiger partial charge in [-0.2, -0.15) is 0 Å². The Morgan fingerprint density at radius 2 is 2.22 bits per heavy atom. The molecule has 3 aromatic heterocycles. The van der Waals surface area contributed by atoms with Crippen molar-refractivity contribution < 1.29 is 0 Å². The third-order valence-electron chi connectivity index (χ3n) is 5.89. The van der Waals surface area contributed by atoms with Crippen molar-refractivity contribution in [2.45, 2.75) is 45.1 Å². The van der Waals surface area contributed by atoms with Crippen LogP contribution in [-0.4, -0.2) is 45.5 Å². The van der Waals surface area contributed by atoms with Gasteiger partial charge in [0.15, 0.2) is 5.82 Å². The molecule has 5 rings (SSSR count).